The summed E-state index contributed by atoms with van der Waals surface area (Å²) >= 11 is 0. The summed E-state index contributed by atoms with van der Waals surface area (Å²) in [6, 6.07) is 7.11. The van der Waals surface area contributed by atoms with Crippen LogP contribution in [0.5, 0.6) is 0 Å². The van der Waals surface area contributed by atoms with Crippen LogP contribution >= 0.6 is 0 Å². The second-order valence-corrected chi connectivity index (χ2v) is 2.55. The van der Waals surface area contributed by atoms with Crippen LogP contribution in [0.3, 0.4) is 0 Å². The molecule has 0 saturated heterocycles. The quantitative estimate of drug-likeness (QED) is 0.692. The molecule has 13 heavy (non-hydrogen) atoms. The van der Waals surface area contributed by atoms with E-state index in [1.807, 2.05) is 6.07 Å². The van der Waals surface area contributed by atoms with E-state index < -0.39 is 12.0 Å². The lowest BCUT2D eigenvalue weighted by molar-refractivity contribution is -0.138. The van der Waals surface area contributed by atoms with Crippen molar-refractivity contribution in [3.63, 3.8) is 0 Å². The Morgan fingerprint density at radius 3 is 2.85 bits per heavy atom. The number of benzene rings is 1. The molecule has 0 aromatic heterocycles. The molecule has 1 aromatic rings. The number of carboxylic acid groups (broad SMARTS) is 1. The van der Waals surface area contributed by atoms with Crippen molar-refractivity contribution in [1.29, 1.82) is 5.26 Å². The predicted octanol–water partition coefficient (Wildman–Crippen LogP) is 0.643. The fraction of sp³-hybridized carbons (Fsp3) is 0.111. The molecule has 3 N–H and O–H groups in total. The first-order valence-electron chi connectivity index (χ1n) is 3.63. The number of carbonyl (C=O) groups is 1. The van der Waals surface area contributed by atoms with Gasteiger partial charge < -0.3 is 10.8 Å². The van der Waals surface area contributed by atoms with Crippen molar-refractivity contribution in [2.75, 3.05) is 0 Å². The molecule has 66 valence electrons. The molecule has 1 atom stereocenters. The Hall–Kier alpha value is -1.86. The second kappa shape index (κ2) is 3.70. The number of hydrogen-bond acceptors (Lipinski definition) is 3. The van der Waals surface area contributed by atoms with Crippen molar-refractivity contribution in [2.24, 2.45) is 5.73 Å². The third-order valence-corrected chi connectivity index (χ3v) is 1.64. The molecule has 1 aromatic carbocycles. The Labute approximate surface area is 75.2 Å². The Kier molecular flexibility index (Phi) is 2.62. The van der Waals surface area contributed by atoms with Gasteiger partial charge in [-0.15, -0.1) is 0 Å². The van der Waals surface area contributed by atoms with Gasteiger partial charge in [0, 0.05) is 0 Å². The second-order valence-electron chi connectivity index (χ2n) is 2.55. The van der Waals surface area contributed by atoms with Gasteiger partial charge in [-0.25, -0.2) is 0 Å². The van der Waals surface area contributed by atoms with Crippen LogP contribution in [0, 0.1) is 11.3 Å². The summed E-state index contributed by atoms with van der Waals surface area (Å²) in [5.74, 6) is -1.10. The average Bonchev–Trinajstić information content (AvgIpc) is 2.16. The number of nitrogens with zero attached hydrogens (tertiary/aromatic N) is 1. The number of carboxylic acids is 1. The lowest BCUT2D eigenvalue weighted by atomic mass is 10.1. The van der Waals surface area contributed by atoms with E-state index in [9.17, 15) is 4.79 Å². The lowest BCUT2D eigenvalue weighted by Crippen LogP contribution is -2.20. The third kappa shape index (κ3) is 2.04. The Morgan fingerprint density at radius 2 is 2.31 bits per heavy atom. The summed E-state index contributed by atoms with van der Waals surface area (Å²) in [6.07, 6.45) is 0. The van der Waals surface area contributed by atoms with E-state index in [0.717, 1.165) is 0 Å². The normalized spacial score (nSPS) is 11.7. The minimum absolute atomic E-state index is 0.411. The van der Waals surface area contributed by atoms with Gasteiger partial charge in [-0.05, 0) is 17.7 Å². The van der Waals surface area contributed by atoms with Crippen molar-refractivity contribution < 1.29 is 9.90 Å². The van der Waals surface area contributed by atoms with Crippen LogP contribution in [0.1, 0.15) is 17.2 Å². The molecule has 4 nitrogen and oxygen atoms in total. The molecule has 0 fully saturated rings. The molecule has 4 heteroatoms. The van der Waals surface area contributed by atoms with E-state index in [4.69, 9.17) is 16.1 Å². The minimum atomic E-state index is -1.10. The summed E-state index contributed by atoms with van der Waals surface area (Å²) in [7, 11) is 0. The highest BCUT2D eigenvalue weighted by Gasteiger charge is 2.13. The smallest absolute Gasteiger partial charge is 0.325 e. The monoisotopic (exact) mass is 176 g/mol. The molecule has 0 aliphatic heterocycles. The first kappa shape index (κ1) is 9.23. The van der Waals surface area contributed by atoms with Gasteiger partial charge in [-0.3, -0.25) is 4.79 Å². The molecule has 0 amide bonds. The van der Waals surface area contributed by atoms with Crippen LogP contribution in [0.15, 0.2) is 24.3 Å². The largest absolute Gasteiger partial charge is 0.480 e. The minimum Gasteiger partial charge on any atom is -0.480 e. The van der Waals surface area contributed by atoms with Crippen LogP contribution in [0.4, 0.5) is 0 Å². The highest BCUT2D eigenvalue weighted by atomic mass is 16.4. The fourth-order valence-electron chi connectivity index (χ4n) is 0.944. The highest BCUT2D eigenvalue weighted by Crippen LogP contribution is 2.11. The molecule has 0 saturated carbocycles. The van der Waals surface area contributed by atoms with Crippen molar-refractivity contribution in [3.8, 4) is 6.07 Å². The van der Waals surface area contributed by atoms with E-state index >= 15 is 0 Å². The zero-order chi connectivity index (χ0) is 9.84. The van der Waals surface area contributed by atoms with Gasteiger partial charge in [-0.1, -0.05) is 12.1 Å². The number of hydrogen-bond donors (Lipinski definition) is 2. The molecule has 0 heterocycles. The van der Waals surface area contributed by atoms with Crippen molar-refractivity contribution in [3.05, 3.63) is 35.4 Å². The van der Waals surface area contributed by atoms with E-state index in [-0.39, 0.29) is 0 Å². The number of aliphatic carboxylic acids is 1. The summed E-state index contributed by atoms with van der Waals surface area (Å²) < 4.78 is 0. The maximum Gasteiger partial charge on any atom is 0.325 e. The standard InChI is InChI=1S/C9H8N2O2/c10-5-6-2-1-3-7(4-6)8(11)9(12)13/h1-4,8H,11H2,(H,12,13). The maximum absolute atomic E-state index is 10.5. The van der Waals surface area contributed by atoms with E-state index in [1.165, 1.54) is 6.07 Å². The predicted molar refractivity (Wildman–Crippen MR) is 45.7 cm³/mol. The number of rotatable bonds is 2. The van der Waals surface area contributed by atoms with E-state index in [2.05, 4.69) is 0 Å². The maximum atomic E-state index is 10.5. The summed E-state index contributed by atoms with van der Waals surface area (Å²) in [5.41, 5.74) is 6.20. The Balaban J connectivity index is 3.03. The summed E-state index contributed by atoms with van der Waals surface area (Å²) in [5, 5.41) is 17.1. The van der Waals surface area contributed by atoms with E-state index in [0.29, 0.717) is 11.1 Å². The molecule has 0 aliphatic carbocycles. The molecule has 0 bridgehead atoms. The highest BCUT2D eigenvalue weighted by molar-refractivity contribution is 5.75. The van der Waals surface area contributed by atoms with Crippen LogP contribution in [-0.2, 0) is 4.79 Å². The van der Waals surface area contributed by atoms with Crippen LogP contribution in [0.2, 0.25) is 0 Å². The molecule has 0 radical (unpaired) electrons. The first-order valence-corrected chi connectivity index (χ1v) is 3.63. The van der Waals surface area contributed by atoms with Crippen LogP contribution < -0.4 is 5.73 Å². The first-order chi connectivity index (χ1) is 6.15. The van der Waals surface area contributed by atoms with Crippen LogP contribution in [0.25, 0.3) is 0 Å². The van der Waals surface area contributed by atoms with Crippen molar-refractivity contribution in [1.82, 2.24) is 0 Å². The van der Waals surface area contributed by atoms with Gasteiger partial charge in [0.2, 0.25) is 0 Å². The molecule has 1 unspecified atom stereocenters. The Morgan fingerprint density at radius 1 is 1.62 bits per heavy atom. The van der Waals surface area contributed by atoms with Crippen molar-refractivity contribution >= 4 is 5.97 Å². The molecule has 1 rings (SSSR count). The van der Waals surface area contributed by atoms with Gasteiger partial charge in [0.15, 0.2) is 0 Å². The molecular weight excluding hydrogens is 168 g/mol. The van der Waals surface area contributed by atoms with Gasteiger partial charge in [0.25, 0.3) is 0 Å². The summed E-state index contributed by atoms with van der Waals surface area (Å²) in [6.45, 7) is 0. The molecule has 0 aliphatic rings. The Bertz CT molecular complexity index is 368. The van der Waals surface area contributed by atoms with Gasteiger partial charge in [0.05, 0.1) is 11.6 Å². The summed E-state index contributed by atoms with van der Waals surface area (Å²) in [4.78, 5) is 10.5. The fourth-order valence-corrected chi connectivity index (χ4v) is 0.944. The SMILES string of the molecule is N#Cc1cccc(C(N)C(=O)O)c1. The topological polar surface area (TPSA) is 87.1 Å². The molecule has 0 spiro atoms. The van der Waals surface area contributed by atoms with Gasteiger partial charge >= 0.3 is 5.97 Å². The molecular formula is C9H8N2O2. The van der Waals surface area contributed by atoms with Crippen LogP contribution in [-0.4, -0.2) is 11.1 Å². The zero-order valence-corrected chi connectivity index (χ0v) is 6.77. The van der Waals surface area contributed by atoms with Gasteiger partial charge in [-0.2, -0.15) is 5.26 Å². The zero-order valence-electron chi connectivity index (χ0n) is 6.77. The third-order valence-electron chi connectivity index (χ3n) is 1.64. The van der Waals surface area contributed by atoms with Gasteiger partial charge in [0.1, 0.15) is 6.04 Å². The van der Waals surface area contributed by atoms with E-state index in [1.54, 1.807) is 18.2 Å². The average molecular weight is 176 g/mol. The van der Waals surface area contributed by atoms with Crippen molar-refractivity contribution in [2.45, 2.75) is 6.04 Å². The lowest BCUT2D eigenvalue weighted by Gasteiger charge is -2.05. The number of nitriles is 1. The number of nitrogens with two attached hydrogens (primary N) is 1.